The van der Waals surface area contributed by atoms with E-state index >= 15 is 0 Å². The third kappa shape index (κ3) is 4.44. The molecule has 0 aliphatic carbocycles. The fraction of sp³-hybridized carbons (Fsp3) is 0.364. The molecule has 6 heteroatoms. The number of ether oxygens (including phenoxy) is 2. The lowest BCUT2D eigenvalue weighted by Gasteiger charge is -2.38. The monoisotopic (exact) mass is 382 g/mol. The van der Waals surface area contributed by atoms with Gasteiger partial charge in [0.1, 0.15) is 12.6 Å². The second-order valence-corrected chi connectivity index (χ2v) is 6.99. The lowest BCUT2D eigenvalue weighted by molar-refractivity contribution is -0.154. The summed E-state index contributed by atoms with van der Waals surface area (Å²) in [5.74, 6) is 1.17. The predicted octanol–water partition coefficient (Wildman–Crippen LogP) is 2.29. The van der Waals surface area contributed by atoms with E-state index in [1.165, 1.54) is 4.90 Å². The lowest BCUT2D eigenvalue weighted by atomic mass is 10.0. The lowest BCUT2D eigenvalue weighted by Crippen LogP contribution is -2.60. The third-order valence-corrected chi connectivity index (χ3v) is 4.91. The topological polar surface area (TPSA) is 59.1 Å². The van der Waals surface area contributed by atoms with Crippen molar-refractivity contribution in [3.63, 3.8) is 0 Å². The first-order chi connectivity index (χ1) is 13.5. The van der Waals surface area contributed by atoms with Crippen molar-refractivity contribution in [2.45, 2.75) is 19.4 Å². The average Bonchev–Trinajstić information content (AvgIpc) is 2.69. The molecule has 0 N–H and O–H groups in total. The van der Waals surface area contributed by atoms with Gasteiger partial charge in [0.05, 0.1) is 20.2 Å². The molecule has 1 atom stereocenters. The second-order valence-electron chi connectivity index (χ2n) is 6.99. The fourth-order valence-electron chi connectivity index (χ4n) is 3.40. The normalized spacial score (nSPS) is 17.0. The number of hydrogen-bond donors (Lipinski definition) is 0. The van der Waals surface area contributed by atoms with E-state index < -0.39 is 6.04 Å². The number of nitrogens with zero attached hydrogens (tertiary/aromatic N) is 2. The first-order valence-corrected chi connectivity index (χ1v) is 9.35. The third-order valence-electron chi connectivity index (χ3n) is 4.91. The van der Waals surface area contributed by atoms with E-state index in [2.05, 4.69) is 0 Å². The molecule has 6 nitrogen and oxygen atoms in total. The molecule has 0 radical (unpaired) electrons. The van der Waals surface area contributed by atoms with Gasteiger partial charge >= 0.3 is 0 Å². The Morgan fingerprint density at radius 2 is 1.82 bits per heavy atom. The van der Waals surface area contributed by atoms with Crippen LogP contribution in [-0.4, -0.2) is 61.5 Å². The summed E-state index contributed by atoms with van der Waals surface area (Å²) in [7, 11) is 3.27. The van der Waals surface area contributed by atoms with Gasteiger partial charge in [-0.1, -0.05) is 36.4 Å². The molecule has 1 heterocycles. The molecule has 1 aliphatic heterocycles. The zero-order valence-electron chi connectivity index (χ0n) is 16.6. The highest BCUT2D eigenvalue weighted by Crippen LogP contribution is 2.28. The van der Waals surface area contributed by atoms with Crippen LogP contribution < -0.4 is 9.47 Å². The van der Waals surface area contributed by atoms with Gasteiger partial charge in [-0.2, -0.15) is 0 Å². The van der Waals surface area contributed by atoms with Crippen molar-refractivity contribution in [3.05, 3.63) is 59.7 Å². The van der Waals surface area contributed by atoms with Gasteiger partial charge in [-0.25, -0.2) is 0 Å². The Bertz CT molecular complexity index is 838. The minimum Gasteiger partial charge on any atom is -0.493 e. The van der Waals surface area contributed by atoms with E-state index in [1.54, 1.807) is 19.1 Å². The molecule has 0 aromatic heterocycles. The van der Waals surface area contributed by atoms with Gasteiger partial charge < -0.3 is 19.3 Å². The summed E-state index contributed by atoms with van der Waals surface area (Å²) in [6, 6.07) is 14.9. The molecule has 148 valence electrons. The number of piperazine rings is 1. The molecule has 0 saturated carbocycles. The summed E-state index contributed by atoms with van der Waals surface area (Å²) in [6.07, 6.45) is 0.490. The van der Waals surface area contributed by atoms with Crippen molar-refractivity contribution in [3.8, 4) is 11.5 Å². The smallest absolute Gasteiger partial charge is 0.245 e. The van der Waals surface area contributed by atoms with E-state index in [0.717, 1.165) is 11.1 Å². The van der Waals surface area contributed by atoms with E-state index in [4.69, 9.17) is 9.47 Å². The van der Waals surface area contributed by atoms with Gasteiger partial charge in [0.15, 0.2) is 11.5 Å². The maximum absolute atomic E-state index is 12.7. The number of carbonyl (C=O) groups is 2. The summed E-state index contributed by atoms with van der Waals surface area (Å²) in [6.45, 7) is 2.70. The molecule has 1 saturated heterocycles. The van der Waals surface area contributed by atoms with Gasteiger partial charge in [-0.3, -0.25) is 9.59 Å². The van der Waals surface area contributed by atoms with Crippen LogP contribution in [0.3, 0.4) is 0 Å². The molecule has 1 fully saturated rings. The summed E-state index contributed by atoms with van der Waals surface area (Å²) in [5.41, 5.74) is 2.10. The molecule has 28 heavy (non-hydrogen) atoms. The molecule has 0 spiro atoms. The molecule has 2 aromatic carbocycles. The van der Waals surface area contributed by atoms with Crippen molar-refractivity contribution in [1.82, 2.24) is 9.80 Å². The molecule has 2 amide bonds. The van der Waals surface area contributed by atoms with Crippen LogP contribution in [0.2, 0.25) is 0 Å². The zero-order chi connectivity index (χ0) is 20.1. The minimum absolute atomic E-state index is 0.0450. The molecule has 2 aromatic rings. The second kappa shape index (κ2) is 8.78. The van der Waals surface area contributed by atoms with Crippen molar-refractivity contribution in [1.29, 1.82) is 0 Å². The number of aryl methyl sites for hydroxylation is 1. The SMILES string of the molecule is COc1cc(C)ccc1OCCN1C(=O)CN(C)C(=O)[C@@H]1Cc1ccccc1. The number of likely N-dealkylation sites (N-methyl/N-ethyl adjacent to an activating group) is 1. The fourth-order valence-corrected chi connectivity index (χ4v) is 3.40. The summed E-state index contributed by atoms with van der Waals surface area (Å²) < 4.78 is 11.2. The van der Waals surface area contributed by atoms with Gasteiger partial charge in [0, 0.05) is 13.5 Å². The Labute approximate surface area is 165 Å². The van der Waals surface area contributed by atoms with Crippen LogP contribution in [0.5, 0.6) is 11.5 Å². The molecule has 0 unspecified atom stereocenters. The van der Waals surface area contributed by atoms with Crippen LogP contribution in [0.1, 0.15) is 11.1 Å². The van der Waals surface area contributed by atoms with Crippen molar-refractivity contribution < 1.29 is 19.1 Å². The Hall–Kier alpha value is -3.02. The maximum Gasteiger partial charge on any atom is 0.245 e. The Morgan fingerprint density at radius 1 is 1.07 bits per heavy atom. The first-order valence-electron chi connectivity index (χ1n) is 9.35. The van der Waals surface area contributed by atoms with Crippen molar-refractivity contribution >= 4 is 11.8 Å². The Morgan fingerprint density at radius 3 is 2.54 bits per heavy atom. The van der Waals surface area contributed by atoms with E-state index in [0.29, 0.717) is 24.5 Å². The van der Waals surface area contributed by atoms with Crippen LogP contribution in [0.25, 0.3) is 0 Å². The number of amides is 2. The number of carbonyl (C=O) groups excluding carboxylic acids is 2. The molecule has 3 rings (SSSR count). The van der Waals surface area contributed by atoms with E-state index in [-0.39, 0.29) is 25.0 Å². The van der Waals surface area contributed by atoms with E-state index in [9.17, 15) is 9.59 Å². The highest BCUT2D eigenvalue weighted by atomic mass is 16.5. The molecule has 0 bridgehead atoms. The highest BCUT2D eigenvalue weighted by molar-refractivity contribution is 5.94. The van der Waals surface area contributed by atoms with Gasteiger partial charge in [0.25, 0.3) is 0 Å². The van der Waals surface area contributed by atoms with Crippen LogP contribution in [-0.2, 0) is 16.0 Å². The van der Waals surface area contributed by atoms with E-state index in [1.807, 2.05) is 55.5 Å². The standard InChI is InChI=1S/C22H26N2O4/c1-16-9-10-19(20(13-16)27-3)28-12-11-24-18(14-17-7-5-4-6-8-17)22(26)23(2)15-21(24)25/h4-10,13,18H,11-12,14-15H2,1-3H3/t18-/m0/s1. The van der Waals surface area contributed by atoms with Gasteiger partial charge in [0.2, 0.25) is 11.8 Å². The van der Waals surface area contributed by atoms with Crippen molar-refractivity contribution in [2.24, 2.45) is 0 Å². The largest absolute Gasteiger partial charge is 0.493 e. The van der Waals surface area contributed by atoms with Crippen molar-refractivity contribution in [2.75, 3.05) is 33.9 Å². The van der Waals surface area contributed by atoms with Gasteiger partial charge in [-0.05, 0) is 30.2 Å². The van der Waals surface area contributed by atoms with Crippen LogP contribution in [0.4, 0.5) is 0 Å². The summed E-state index contributed by atoms with van der Waals surface area (Å²) in [4.78, 5) is 28.5. The molecular formula is C22H26N2O4. The van der Waals surface area contributed by atoms with Crippen LogP contribution in [0, 0.1) is 6.92 Å². The maximum atomic E-state index is 12.7. The number of hydrogen-bond acceptors (Lipinski definition) is 4. The number of methoxy groups -OCH3 is 1. The Balaban J connectivity index is 1.70. The predicted molar refractivity (Wildman–Crippen MR) is 107 cm³/mol. The minimum atomic E-state index is -0.517. The summed E-state index contributed by atoms with van der Waals surface area (Å²) in [5, 5.41) is 0. The van der Waals surface area contributed by atoms with Crippen LogP contribution >= 0.6 is 0 Å². The summed E-state index contributed by atoms with van der Waals surface area (Å²) >= 11 is 0. The number of rotatable bonds is 7. The highest BCUT2D eigenvalue weighted by Gasteiger charge is 2.37. The zero-order valence-corrected chi connectivity index (χ0v) is 16.6. The Kier molecular flexibility index (Phi) is 6.19. The van der Waals surface area contributed by atoms with Crippen LogP contribution in [0.15, 0.2) is 48.5 Å². The quantitative estimate of drug-likeness (QED) is 0.737. The number of benzene rings is 2. The van der Waals surface area contributed by atoms with Gasteiger partial charge in [-0.15, -0.1) is 0 Å². The first kappa shape index (κ1) is 19.7. The average molecular weight is 382 g/mol. The molecule has 1 aliphatic rings. The molecular weight excluding hydrogens is 356 g/mol.